The Balaban J connectivity index is 1.51. The maximum absolute atomic E-state index is 13.8. The molecular weight excluding hydrogens is 367 g/mol. The number of carbonyl (C=O) groups is 3. The van der Waals surface area contributed by atoms with E-state index in [4.69, 9.17) is 9.47 Å². The quantitative estimate of drug-likeness (QED) is 0.632. The average molecular weight is 384 g/mol. The number of Topliss-reactive ketones (excluding diaryl/α,β-unsaturated/α-hetero) is 1. The van der Waals surface area contributed by atoms with Gasteiger partial charge in [0.15, 0.2) is 17.3 Å². The molecule has 144 valence electrons. The van der Waals surface area contributed by atoms with E-state index in [1.165, 1.54) is 18.2 Å². The largest absolute Gasteiger partial charge is 0.454 e. The topological polar surface area (TPSA) is 84.9 Å². The molecule has 1 fully saturated rings. The normalized spacial score (nSPS) is 20.4. The summed E-state index contributed by atoms with van der Waals surface area (Å²) in [6.07, 6.45) is 0.207. The molecule has 0 radical (unpaired) electrons. The first kappa shape index (κ1) is 18.0. The molecule has 28 heavy (non-hydrogen) atoms. The monoisotopic (exact) mass is 384 g/mol. The number of carbonyl (C=O) groups excluding carboxylic acids is 3. The molecule has 2 aliphatic rings. The second kappa shape index (κ2) is 6.63. The van der Waals surface area contributed by atoms with Gasteiger partial charge in [0.1, 0.15) is 11.4 Å². The number of amides is 3. The molecule has 3 amide bonds. The molecule has 2 aliphatic heterocycles. The van der Waals surface area contributed by atoms with E-state index in [1.807, 2.05) is 0 Å². The van der Waals surface area contributed by atoms with Gasteiger partial charge in [-0.3, -0.25) is 14.5 Å². The van der Waals surface area contributed by atoms with Gasteiger partial charge in [0.25, 0.3) is 5.91 Å². The van der Waals surface area contributed by atoms with Crippen molar-refractivity contribution in [1.82, 2.24) is 10.2 Å². The van der Waals surface area contributed by atoms with Crippen molar-refractivity contribution in [3.05, 3.63) is 59.4 Å². The molecule has 2 heterocycles. The second-order valence-electron chi connectivity index (χ2n) is 6.92. The minimum Gasteiger partial charge on any atom is -0.454 e. The minimum absolute atomic E-state index is 0.137. The number of hydrogen-bond acceptors (Lipinski definition) is 5. The van der Waals surface area contributed by atoms with E-state index in [2.05, 4.69) is 5.32 Å². The van der Waals surface area contributed by atoms with Crippen LogP contribution < -0.4 is 14.8 Å². The summed E-state index contributed by atoms with van der Waals surface area (Å²) >= 11 is 0. The van der Waals surface area contributed by atoms with Crippen molar-refractivity contribution in [3.8, 4) is 11.5 Å². The number of rotatable bonds is 5. The standard InChI is InChI=1S/C20H17FN2O5/c1-20(9-12-6-7-16-17(8-12)28-11-27-16)18(25)23(19(26)22-20)10-15(24)13-4-2-3-5-14(13)21/h2-8H,9-11H2,1H3,(H,22,26)/t20-/m0/s1. The molecule has 1 N–H and O–H groups in total. The van der Waals surface area contributed by atoms with Crippen molar-refractivity contribution < 1.29 is 28.2 Å². The lowest BCUT2D eigenvalue weighted by Gasteiger charge is -2.21. The highest BCUT2D eigenvalue weighted by Crippen LogP contribution is 2.34. The highest BCUT2D eigenvalue weighted by atomic mass is 19.1. The van der Waals surface area contributed by atoms with Gasteiger partial charge >= 0.3 is 6.03 Å². The Kier molecular flexibility index (Phi) is 4.26. The summed E-state index contributed by atoms with van der Waals surface area (Å²) in [4.78, 5) is 38.4. The van der Waals surface area contributed by atoms with Crippen molar-refractivity contribution in [1.29, 1.82) is 0 Å². The van der Waals surface area contributed by atoms with Crippen molar-refractivity contribution in [2.75, 3.05) is 13.3 Å². The third-order valence-electron chi connectivity index (χ3n) is 4.82. The second-order valence-corrected chi connectivity index (χ2v) is 6.92. The van der Waals surface area contributed by atoms with E-state index in [0.29, 0.717) is 11.5 Å². The first-order valence-electron chi connectivity index (χ1n) is 8.68. The fraction of sp³-hybridized carbons (Fsp3) is 0.250. The number of benzene rings is 2. The highest BCUT2D eigenvalue weighted by Gasteiger charge is 2.48. The lowest BCUT2D eigenvalue weighted by molar-refractivity contribution is -0.130. The van der Waals surface area contributed by atoms with Crippen LogP contribution in [0.15, 0.2) is 42.5 Å². The number of nitrogens with zero attached hydrogens (tertiary/aromatic N) is 1. The average Bonchev–Trinajstić information content (AvgIpc) is 3.20. The maximum atomic E-state index is 13.8. The van der Waals surface area contributed by atoms with Crippen LogP contribution in [0.25, 0.3) is 0 Å². The van der Waals surface area contributed by atoms with Gasteiger partial charge in [0.05, 0.1) is 12.1 Å². The summed E-state index contributed by atoms with van der Waals surface area (Å²) in [5.74, 6) is -0.686. The Labute approximate surface area is 160 Å². The molecule has 7 nitrogen and oxygen atoms in total. The van der Waals surface area contributed by atoms with E-state index in [9.17, 15) is 18.8 Å². The summed E-state index contributed by atoms with van der Waals surface area (Å²) in [5, 5.41) is 2.64. The molecule has 1 atom stereocenters. The number of halogens is 1. The van der Waals surface area contributed by atoms with Crippen molar-refractivity contribution >= 4 is 17.7 Å². The van der Waals surface area contributed by atoms with Crippen LogP contribution in [-0.4, -0.2) is 41.5 Å². The molecular formula is C20H17FN2O5. The molecule has 0 aromatic heterocycles. The first-order chi connectivity index (χ1) is 13.4. The van der Waals surface area contributed by atoms with E-state index in [0.717, 1.165) is 16.5 Å². The third kappa shape index (κ3) is 3.06. The molecule has 0 spiro atoms. The lowest BCUT2D eigenvalue weighted by atomic mass is 9.92. The van der Waals surface area contributed by atoms with E-state index in [-0.39, 0.29) is 18.8 Å². The fourth-order valence-corrected chi connectivity index (χ4v) is 3.39. The van der Waals surface area contributed by atoms with Crippen LogP contribution in [0.3, 0.4) is 0 Å². The minimum atomic E-state index is -1.22. The van der Waals surface area contributed by atoms with E-state index >= 15 is 0 Å². The summed E-state index contributed by atoms with van der Waals surface area (Å²) in [6, 6.07) is 10.0. The Bertz CT molecular complexity index is 992. The number of imide groups is 1. The fourth-order valence-electron chi connectivity index (χ4n) is 3.39. The highest BCUT2D eigenvalue weighted by molar-refractivity contribution is 6.11. The van der Waals surface area contributed by atoms with Crippen molar-refractivity contribution in [2.24, 2.45) is 0 Å². The first-order valence-corrected chi connectivity index (χ1v) is 8.68. The van der Waals surface area contributed by atoms with Crippen LogP contribution >= 0.6 is 0 Å². The number of ketones is 1. The Hall–Kier alpha value is -3.42. The van der Waals surface area contributed by atoms with Gasteiger partial charge in [-0.15, -0.1) is 0 Å². The molecule has 4 rings (SSSR count). The summed E-state index contributed by atoms with van der Waals surface area (Å²) in [7, 11) is 0. The van der Waals surface area contributed by atoms with Crippen LogP contribution in [0.1, 0.15) is 22.8 Å². The van der Waals surface area contributed by atoms with Crippen LogP contribution in [0.5, 0.6) is 11.5 Å². The van der Waals surface area contributed by atoms with E-state index in [1.54, 1.807) is 25.1 Å². The lowest BCUT2D eigenvalue weighted by Crippen LogP contribution is -2.46. The van der Waals surface area contributed by atoms with Gasteiger partial charge in [0.2, 0.25) is 6.79 Å². The molecule has 2 aromatic carbocycles. The number of nitrogens with one attached hydrogen (secondary N) is 1. The summed E-state index contributed by atoms with van der Waals surface area (Å²) in [5.41, 5.74) is -0.615. The van der Waals surface area contributed by atoms with Crippen LogP contribution in [0.4, 0.5) is 9.18 Å². The van der Waals surface area contributed by atoms with Crippen molar-refractivity contribution in [3.63, 3.8) is 0 Å². The predicted molar refractivity (Wildman–Crippen MR) is 95.6 cm³/mol. The van der Waals surface area contributed by atoms with Crippen molar-refractivity contribution in [2.45, 2.75) is 18.9 Å². The Morgan fingerprint density at radius 2 is 1.93 bits per heavy atom. The van der Waals surface area contributed by atoms with Gasteiger partial charge in [-0.05, 0) is 36.8 Å². The zero-order chi connectivity index (χ0) is 19.9. The van der Waals surface area contributed by atoms with Crippen LogP contribution in [0, 0.1) is 5.82 Å². The molecule has 0 unspecified atom stereocenters. The number of hydrogen-bond donors (Lipinski definition) is 1. The SMILES string of the molecule is C[C@@]1(Cc2ccc3c(c2)OCO3)NC(=O)N(CC(=O)c2ccccc2F)C1=O. The smallest absolute Gasteiger partial charge is 0.325 e. The van der Waals surface area contributed by atoms with Gasteiger partial charge < -0.3 is 14.8 Å². The zero-order valence-electron chi connectivity index (χ0n) is 15.0. The number of urea groups is 1. The maximum Gasteiger partial charge on any atom is 0.325 e. The molecule has 0 aliphatic carbocycles. The Morgan fingerprint density at radius 1 is 1.18 bits per heavy atom. The third-order valence-corrected chi connectivity index (χ3v) is 4.82. The van der Waals surface area contributed by atoms with Crippen LogP contribution in [0.2, 0.25) is 0 Å². The van der Waals surface area contributed by atoms with Gasteiger partial charge in [0, 0.05) is 6.42 Å². The Morgan fingerprint density at radius 3 is 2.71 bits per heavy atom. The number of fused-ring (bicyclic) bond motifs is 1. The van der Waals surface area contributed by atoms with Gasteiger partial charge in [-0.25, -0.2) is 9.18 Å². The zero-order valence-corrected chi connectivity index (χ0v) is 15.0. The van der Waals surface area contributed by atoms with Crippen LogP contribution in [-0.2, 0) is 11.2 Å². The van der Waals surface area contributed by atoms with Gasteiger partial charge in [-0.1, -0.05) is 18.2 Å². The molecule has 0 saturated carbocycles. The summed E-state index contributed by atoms with van der Waals surface area (Å²) < 4.78 is 24.4. The molecule has 1 saturated heterocycles. The molecule has 0 bridgehead atoms. The molecule has 8 heteroatoms. The molecule has 2 aromatic rings. The van der Waals surface area contributed by atoms with Gasteiger partial charge in [-0.2, -0.15) is 0 Å². The number of ether oxygens (including phenoxy) is 2. The predicted octanol–water partition coefficient (Wildman–Crippen LogP) is 2.29. The summed E-state index contributed by atoms with van der Waals surface area (Å²) in [6.45, 7) is 1.20. The van der Waals surface area contributed by atoms with E-state index < -0.39 is 35.6 Å².